The third kappa shape index (κ3) is 3.51. The smallest absolute Gasteiger partial charge is 0.163 e. The van der Waals surface area contributed by atoms with Crippen molar-refractivity contribution >= 4 is 5.82 Å². The van der Waals surface area contributed by atoms with Crippen LogP contribution in [0.2, 0.25) is 0 Å². The number of hydrogen-bond donors (Lipinski definition) is 1. The maximum absolute atomic E-state index is 4.61. The van der Waals surface area contributed by atoms with Gasteiger partial charge in [0.25, 0.3) is 0 Å². The van der Waals surface area contributed by atoms with Gasteiger partial charge in [0.2, 0.25) is 0 Å². The minimum absolute atomic E-state index is 0.0623. The lowest BCUT2D eigenvalue weighted by Gasteiger charge is -2.16. The van der Waals surface area contributed by atoms with Crippen LogP contribution in [0.5, 0.6) is 0 Å². The van der Waals surface area contributed by atoms with Gasteiger partial charge in [-0.1, -0.05) is 6.07 Å². The summed E-state index contributed by atoms with van der Waals surface area (Å²) >= 11 is 0. The molecule has 0 fully saturated rings. The van der Waals surface area contributed by atoms with Crippen molar-refractivity contribution in [3.63, 3.8) is 0 Å². The molecule has 0 aliphatic carbocycles. The topological polar surface area (TPSA) is 63.6 Å². The van der Waals surface area contributed by atoms with Crippen molar-refractivity contribution in [2.24, 2.45) is 0 Å². The lowest BCUT2D eigenvalue weighted by atomic mass is 10.1. The fourth-order valence-corrected chi connectivity index (χ4v) is 2.51. The average Bonchev–Trinajstić information content (AvgIpc) is 2.55. The van der Waals surface area contributed by atoms with Gasteiger partial charge in [-0.2, -0.15) is 0 Å². The molecule has 5 heteroatoms. The van der Waals surface area contributed by atoms with E-state index in [0.29, 0.717) is 5.82 Å². The Kier molecular flexibility index (Phi) is 4.28. The Bertz CT molecular complexity index is 802. The third-order valence-corrected chi connectivity index (χ3v) is 3.60. The Morgan fingerprint density at radius 3 is 2.61 bits per heavy atom. The quantitative estimate of drug-likeness (QED) is 0.796. The SMILES string of the molecule is Cc1cc(N[C@@H](C)c2ncccc2C)nc(-c2cccnc2)n1. The summed E-state index contributed by atoms with van der Waals surface area (Å²) in [6.45, 7) is 6.10. The minimum atomic E-state index is 0.0623. The molecule has 0 radical (unpaired) electrons. The molecule has 0 amide bonds. The molecule has 23 heavy (non-hydrogen) atoms. The Morgan fingerprint density at radius 1 is 1.04 bits per heavy atom. The van der Waals surface area contributed by atoms with E-state index in [0.717, 1.165) is 28.3 Å². The molecule has 0 saturated heterocycles. The zero-order chi connectivity index (χ0) is 16.2. The first-order chi connectivity index (χ1) is 11.1. The second kappa shape index (κ2) is 6.52. The van der Waals surface area contributed by atoms with Crippen LogP contribution < -0.4 is 5.32 Å². The van der Waals surface area contributed by atoms with Gasteiger partial charge in [-0.3, -0.25) is 9.97 Å². The fraction of sp³-hybridized carbons (Fsp3) is 0.222. The van der Waals surface area contributed by atoms with Gasteiger partial charge in [-0.05, 0) is 44.5 Å². The summed E-state index contributed by atoms with van der Waals surface area (Å²) in [7, 11) is 0. The fourth-order valence-electron chi connectivity index (χ4n) is 2.51. The number of rotatable bonds is 4. The van der Waals surface area contributed by atoms with Crippen molar-refractivity contribution in [1.82, 2.24) is 19.9 Å². The summed E-state index contributed by atoms with van der Waals surface area (Å²) < 4.78 is 0. The van der Waals surface area contributed by atoms with E-state index in [1.165, 1.54) is 0 Å². The van der Waals surface area contributed by atoms with E-state index in [2.05, 4.69) is 45.2 Å². The van der Waals surface area contributed by atoms with Crippen LogP contribution in [-0.2, 0) is 0 Å². The van der Waals surface area contributed by atoms with Gasteiger partial charge in [-0.15, -0.1) is 0 Å². The zero-order valence-corrected chi connectivity index (χ0v) is 13.5. The summed E-state index contributed by atoms with van der Waals surface area (Å²) in [6, 6.07) is 9.85. The summed E-state index contributed by atoms with van der Waals surface area (Å²) in [5.41, 5.74) is 3.99. The summed E-state index contributed by atoms with van der Waals surface area (Å²) in [6.07, 6.45) is 5.32. The van der Waals surface area contributed by atoms with Gasteiger partial charge in [0.05, 0.1) is 11.7 Å². The normalized spacial score (nSPS) is 12.0. The molecule has 0 aliphatic heterocycles. The van der Waals surface area contributed by atoms with Gasteiger partial charge in [0.1, 0.15) is 5.82 Å². The van der Waals surface area contributed by atoms with Gasteiger partial charge < -0.3 is 5.32 Å². The summed E-state index contributed by atoms with van der Waals surface area (Å²) in [5.74, 6) is 1.46. The number of nitrogens with zero attached hydrogens (tertiary/aromatic N) is 4. The molecule has 0 saturated carbocycles. The van der Waals surface area contributed by atoms with E-state index in [9.17, 15) is 0 Å². The number of aromatic nitrogens is 4. The molecular weight excluding hydrogens is 286 g/mol. The standard InChI is InChI=1S/C18H19N5/c1-12-6-4-9-20-17(12)14(3)22-16-10-13(2)21-18(23-16)15-7-5-8-19-11-15/h4-11,14H,1-3H3,(H,21,22,23)/t14-/m0/s1. The highest BCUT2D eigenvalue weighted by atomic mass is 15.1. The lowest BCUT2D eigenvalue weighted by Crippen LogP contribution is -2.12. The molecule has 0 unspecified atom stereocenters. The molecular formula is C18H19N5. The first-order valence-corrected chi connectivity index (χ1v) is 7.57. The molecule has 5 nitrogen and oxygen atoms in total. The number of nitrogens with one attached hydrogen (secondary N) is 1. The van der Waals surface area contributed by atoms with Crippen LogP contribution in [0, 0.1) is 13.8 Å². The highest BCUT2D eigenvalue weighted by molar-refractivity contribution is 5.56. The average molecular weight is 305 g/mol. The number of aryl methyl sites for hydroxylation is 2. The first kappa shape index (κ1) is 15.1. The second-order valence-electron chi connectivity index (χ2n) is 5.53. The molecule has 3 heterocycles. The van der Waals surface area contributed by atoms with Crippen molar-refractivity contribution in [3.8, 4) is 11.4 Å². The molecule has 3 aromatic heterocycles. The molecule has 1 N–H and O–H groups in total. The van der Waals surface area contributed by atoms with E-state index in [1.807, 2.05) is 37.4 Å². The minimum Gasteiger partial charge on any atom is -0.362 e. The van der Waals surface area contributed by atoms with Crippen LogP contribution in [-0.4, -0.2) is 19.9 Å². The van der Waals surface area contributed by atoms with Crippen LogP contribution in [0.4, 0.5) is 5.82 Å². The van der Waals surface area contributed by atoms with Crippen molar-refractivity contribution in [1.29, 1.82) is 0 Å². The molecule has 3 rings (SSSR count). The molecule has 0 bridgehead atoms. The van der Waals surface area contributed by atoms with Crippen LogP contribution >= 0.6 is 0 Å². The summed E-state index contributed by atoms with van der Waals surface area (Å²) in [5, 5.41) is 3.42. The van der Waals surface area contributed by atoms with Crippen LogP contribution in [0.25, 0.3) is 11.4 Å². The third-order valence-electron chi connectivity index (χ3n) is 3.60. The molecule has 0 spiro atoms. The largest absolute Gasteiger partial charge is 0.362 e. The van der Waals surface area contributed by atoms with Crippen molar-refractivity contribution in [2.45, 2.75) is 26.8 Å². The molecule has 116 valence electrons. The summed E-state index contributed by atoms with van der Waals surface area (Å²) in [4.78, 5) is 17.7. The Hall–Kier alpha value is -2.82. The monoisotopic (exact) mass is 305 g/mol. The second-order valence-corrected chi connectivity index (χ2v) is 5.53. The molecule has 1 atom stereocenters. The highest BCUT2D eigenvalue weighted by Crippen LogP contribution is 2.21. The number of hydrogen-bond acceptors (Lipinski definition) is 5. The maximum Gasteiger partial charge on any atom is 0.163 e. The van der Waals surface area contributed by atoms with Gasteiger partial charge in [0.15, 0.2) is 5.82 Å². The molecule has 0 aliphatic rings. The van der Waals surface area contributed by atoms with Crippen LogP contribution in [0.15, 0.2) is 48.9 Å². The molecule has 0 aromatic carbocycles. The highest BCUT2D eigenvalue weighted by Gasteiger charge is 2.12. The van der Waals surface area contributed by atoms with Crippen LogP contribution in [0.3, 0.4) is 0 Å². The number of anilines is 1. The van der Waals surface area contributed by atoms with Crippen molar-refractivity contribution < 1.29 is 0 Å². The predicted octanol–water partition coefficient (Wildman–Crippen LogP) is 3.72. The Labute approximate surface area is 135 Å². The van der Waals surface area contributed by atoms with E-state index in [1.54, 1.807) is 12.4 Å². The van der Waals surface area contributed by atoms with Gasteiger partial charge in [0, 0.05) is 35.9 Å². The van der Waals surface area contributed by atoms with Gasteiger partial charge in [-0.25, -0.2) is 9.97 Å². The van der Waals surface area contributed by atoms with Crippen molar-refractivity contribution in [3.05, 3.63) is 65.9 Å². The van der Waals surface area contributed by atoms with E-state index in [4.69, 9.17) is 0 Å². The first-order valence-electron chi connectivity index (χ1n) is 7.57. The van der Waals surface area contributed by atoms with E-state index >= 15 is 0 Å². The molecule has 3 aromatic rings. The lowest BCUT2D eigenvalue weighted by molar-refractivity contribution is 0.819. The van der Waals surface area contributed by atoms with Crippen molar-refractivity contribution in [2.75, 3.05) is 5.32 Å². The van der Waals surface area contributed by atoms with Crippen LogP contribution in [0.1, 0.15) is 29.9 Å². The number of pyridine rings is 2. The van der Waals surface area contributed by atoms with E-state index in [-0.39, 0.29) is 6.04 Å². The Balaban J connectivity index is 1.89. The van der Waals surface area contributed by atoms with E-state index < -0.39 is 0 Å². The Morgan fingerprint density at radius 2 is 1.87 bits per heavy atom. The van der Waals surface area contributed by atoms with Gasteiger partial charge >= 0.3 is 0 Å². The maximum atomic E-state index is 4.61. The predicted molar refractivity (Wildman–Crippen MR) is 91.0 cm³/mol. The zero-order valence-electron chi connectivity index (χ0n) is 13.5.